The van der Waals surface area contributed by atoms with E-state index in [0.717, 1.165) is 31.1 Å². The molecule has 2 N–H and O–H groups in total. The molecule has 6 nitrogen and oxygen atoms in total. The number of fused-ring (bicyclic) bond motifs is 1. The lowest BCUT2D eigenvalue weighted by molar-refractivity contribution is 0.281. The Morgan fingerprint density at radius 1 is 1.35 bits per heavy atom. The summed E-state index contributed by atoms with van der Waals surface area (Å²) in [5, 5.41) is 12.2. The predicted molar refractivity (Wildman–Crippen MR) is 90.0 cm³/mol. The molecule has 0 saturated carbocycles. The molecule has 2 heterocycles. The van der Waals surface area contributed by atoms with Crippen LogP contribution < -0.4 is 15.0 Å². The highest BCUT2D eigenvalue weighted by Gasteiger charge is 2.18. The summed E-state index contributed by atoms with van der Waals surface area (Å²) >= 11 is 0. The molecule has 0 spiro atoms. The molecule has 1 aromatic heterocycles. The van der Waals surface area contributed by atoms with Gasteiger partial charge in [-0.15, -0.1) is 0 Å². The van der Waals surface area contributed by atoms with Crippen molar-refractivity contribution in [2.24, 2.45) is 0 Å². The summed E-state index contributed by atoms with van der Waals surface area (Å²) in [6, 6.07) is 8.08. The minimum atomic E-state index is -0.0696. The second-order valence-corrected chi connectivity index (χ2v) is 5.77. The fourth-order valence-corrected chi connectivity index (χ4v) is 2.71. The minimum absolute atomic E-state index is 0.0481. The summed E-state index contributed by atoms with van der Waals surface area (Å²) in [4.78, 5) is 11.0. The lowest BCUT2D eigenvalue weighted by Crippen LogP contribution is -2.31. The molecule has 0 fully saturated rings. The van der Waals surface area contributed by atoms with Crippen molar-refractivity contribution in [2.45, 2.75) is 25.9 Å². The molecule has 0 bridgehead atoms. The van der Waals surface area contributed by atoms with E-state index in [1.807, 2.05) is 19.1 Å². The van der Waals surface area contributed by atoms with Gasteiger partial charge in [0.25, 0.3) is 0 Å². The van der Waals surface area contributed by atoms with Crippen molar-refractivity contribution in [1.82, 2.24) is 9.97 Å². The molecule has 2 aromatic rings. The molecule has 0 aliphatic carbocycles. The number of hydrogen-bond acceptors (Lipinski definition) is 6. The first-order chi connectivity index (χ1) is 11.2. The third kappa shape index (κ3) is 3.53. The summed E-state index contributed by atoms with van der Waals surface area (Å²) in [5.41, 5.74) is 2.64. The van der Waals surface area contributed by atoms with Gasteiger partial charge in [-0.1, -0.05) is 6.07 Å². The van der Waals surface area contributed by atoms with Crippen molar-refractivity contribution in [3.05, 3.63) is 41.6 Å². The van der Waals surface area contributed by atoms with Crippen LogP contribution in [-0.2, 0) is 13.0 Å². The molecule has 23 heavy (non-hydrogen) atoms. The Labute approximate surface area is 136 Å². The van der Waals surface area contributed by atoms with E-state index in [-0.39, 0.29) is 12.6 Å². The van der Waals surface area contributed by atoms with E-state index < -0.39 is 0 Å². The summed E-state index contributed by atoms with van der Waals surface area (Å²) in [6.45, 7) is 3.67. The largest absolute Gasteiger partial charge is 0.497 e. The van der Waals surface area contributed by atoms with Gasteiger partial charge in [0.1, 0.15) is 11.6 Å². The summed E-state index contributed by atoms with van der Waals surface area (Å²) in [6.07, 6.45) is 2.71. The Balaban J connectivity index is 1.76. The highest BCUT2D eigenvalue weighted by Crippen LogP contribution is 2.26. The van der Waals surface area contributed by atoms with E-state index in [2.05, 4.69) is 32.3 Å². The highest BCUT2D eigenvalue weighted by atomic mass is 16.5. The topological polar surface area (TPSA) is 70.5 Å². The number of rotatable bonds is 5. The molecule has 0 radical (unpaired) electrons. The van der Waals surface area contributed by atoms with Gasteiger partial charge in [-0.25, -0.2) is 4.98 Å². The fraction of sp³-hybridized carbons (Fsp3) is 0.412. The zero-order valence-corrected chi connectivity index (χ0v) is 13.5. The molecular formula is C17H22N4O2. The maximum atomic E-state index is 9.13. The van der Waals surface area contributed by atoms with Crippen molar-refractivity contribution in [3.63, 3.8) is 0 Å². The number of benzene rings is 1. The highest BCUT2D eigenvalue weighted by molar-refractivity contribution is 5.48. The zero-order chi connectivity index (χ0) is 16.2. The smallest absolute Gasteiger partial charge is 0.224 e. The molecule has 1 aliphatic rings. The van der Waals surface area contributed by atoms with Crippen molar-refractivity contribution >= 4 is 11.8 Å². The number of anilines is 2. The SMILES string of the molecule is COc1ccc2c(c1)CCN(c1ccnc(N[C@@H](C)CO)n1)C2. The Morgan fingerprint density at radius 3 is 3.00 bits per heavy atom. The number of nitrogens with zero attached hydrogens (tertiary/aromatic N) is 3. The standard InChI is InChI=1S/C17H22N4O2/c1-12(11-22)19-17-18-7-5-16(20-17)21-8-6-13-9-15(23-2)4-3-14(13)10-21/h3-5,7,9,12,22H,6,8,10-11H2,1-2H3,(H,18,19,20)/t12-/m0/s1. The molecule has 0 amide bonds. The van der Waals surface area contributed by atoms with Crippen LogP contribution in [0.1, 0.15) is 18.1 Å². The number of methoxy groups -OCH3 is 1. The first kappa shape index (κ1) is 15.6. The number of aliphatic hydroxyl groups is 1. The van der Waals surface area contributed by atoms with E-state index in [1.165, 1.54) is 11.1 Å². The number of hydrogen-bond donors (Lipinski definition) is 2. The minimum Gasteiger partial charge on any atom is -0.497 e. The van der Waals surface area contributed by atoms with Gasteiger partial charge in [-0.05, 0) is 42.7 Å². The van der Waals surface area contributed by atoms with Crippen molar-refractivity contribution in [2.75, 3.05) is 30.5 Å². The Bertz CT molecular complexity index is 677. The van der Waals surface area contributed by atoms with Gasteiger partial charge in [-0.3, -0.25) is 0 Å². The summed E-state index contributed by atoms with van der Waals surface area (Å²) in [5.74, 6) is 2.35. The van der Waals surface area contributed by atoms with Crippen LogP contribution in [0.4, 0.5) is 11.8 Å². The summed E-state index contributed by atoms with van der Waals surface area (Å²) < 4.78 is 5.29. The van der Waals surface area contributed by atoms with Crippen LogP contribution >= 0.6 is 0 Å². The summed E-state index contributed by atoms with van der Waals surface area (Å²) in [7, 11) is 1.69. The first-order valence-corrected chi connectivity index (χ1v) is 7.81. The monoisotopic (exact) mass is 314 g/mol. The number of nitrogens with one attached hydrogen (secondary N) is 1. The first-order valence-electron chi connectivity index (χ1n) is 7.81. The van der Waals surface area contributed by atoms with E-state index in [4.69, 9.17) is 9.84 Å². The normalized spacial score (nSPS) is 15.0. The van der Waals surface area contributed by atoms with E-state index in [1.54, 1.807) is 13.3 Å². The number of aliphatic hydroxyl groups excluding tert-OH is 1. The lowest BCUT2D eigenvalue weighted by Gasteiger charge is -2.30. The van der Waals surface area contributed by atoms with Gasteiger partial charge in [0, 0.05) is 25.3 Å². The molecule has 1 atom stereocenters. The zero-order valence-electron chi connectivity index (χ0n) is 13.5. The number of aromatic nitrogens is 2. The van der Waals surface area contributed by atoms with Gasteiger partial charge >= 0.3 is 0 Å². The molecular weight excluding hydrogens is 292 g/mol. The van der Waals surface area contributed by atoms with Gasteiger partial charge in [0.2, 0.25) is 5.95 Å². The molecule has 122 valence electrons. The van der Waals surface area contributed by atoms with Gasteiger partial charge in [0.15, 0.2) is 0 Å². The van der Waals surface area contributed by atoms with Gasteiger partial charge < -0.3 is 20.1 Å². The van der Waals surface area contributed by atoms with E-state index in [0.29, 0.717) is 5.95 Å². The lowest BCUT2D eigenvalue weighted by atomic mass is 9.99. The fourth-order valence-electron chi connectivity index (χ4n) is 2.71. The second kappa shape index (κ2) is 6.83. The molecule has 0 unspecified atom stereocenters. The van der Waals surface area contributed by atoms with E-state index in [9.17, 15) is 0 Å². The van der Waals surface area contributed by atoms with Crippen LogP contribution in [0, 0.1) is 0 Å². The van der Waals surface area contributed by atoms with Gasteiger partial charge in [0.05, 0.1) is 13.7 Å². The maximum Gasteiger partial charge on any atom is 0.224 e. The third-order valence-electron chi connectivity index (χ3n) is 4.04. The Kier molecular flexibility index (Phi) is 4.62. The quantitative estimate of drug-likeness (QED) is 0.877. The average Bonchev–Trinajstić information content (AvgIpc) is 2.60. The van der Waals surface area contributed by atoms with E-state index >= 15 is 0 Å². The maximum absolute atomic E-state index is 9.13. The second-order valence-electron chi connectivity index (χ2n) is 5.77. The Hall–Kier alpha value is -2.34. The molecule has 6 heteroatoms. The third-order valence-corrected chi connectivity index (χ3v) is 4.04. The molecule has 1 aliphatic heterocycles. The van der Waals surface area contributed by atoms with Crippen LogP contribution in [0.3, 0.4) is 0 Å². The number of ether oxygens (including phenoxy) is 1. The van der Waals surface area contributed by atoms with Crippen LogP contribution in [0.5, 0.6) is 5.75 Å². The van der Waals surface area contributed by atoms with Crippen LogP contribution in [0.15, 0.2) is 30.5 Å². The van der Waals surface area contributed by atoms with Crippen LogP contribution in [-0.4, -0.2) is 41.4 Å². The molecule has 0 saturated heterocycles. The Morgan fingerprint density at radius 2 is 2.22 bits per heavy atom. The van der Waals surface area contributed by atoms with Crippen molar-refractivity contribution in [3.8, 4) is 5.75 Å². The van der Waals surface area contributed by atoms with Crippen molar-refractivity contribution in [1.29, 1.82) is 0 Å². The van der Waals surface area contributed by atoms with Crippen LogP contribution in [0.25, 0.3) is 0 Å². The molecule has 1 aromatic carbocycles. The van der Waals surface area contributed by atoms with Crippen molar-refractivity contribution < 1.29 is 9.84 Å². The van der Waals surface area contributed by atoms with Gasteiger partial charge in [-0.2, -0.15) is 4.98 Å². The molecule has 3 rings (SSSR count). The average molecular weight is 314 g/mol. The van der Waals surface area contributed by atoms with Crippen LogP contribution in [0.2, 0.25) is 0 Å². The predicted octanol–water partition coefficient (Wildman–Crippen LogP) is 1.84.